The van der Waals surface area contributed by atoms with Gasteiger partial charge in [0, 0.05) is 24.0 Å². The number of hydrogen-bond donors (Lipinski definition) is 1. The van der Waals surface area contributed by atoms with E-state index >= 15 is 0 Å². The first kappa shape index (κ1) is 24.2. The number of nitrogens with zero attached hydrogens (tertiary/aromatic N) is 1. The molecule has 1 N–H and O–H groups in total. The Bertz CT molecular complexity index is 1080. The standard InChI is InChI=1S/C26H33ClN2O3S/c1-2-25(23-10-9-20-5-3-4-6-22(20)17-23)28-26(30)21-13-15-29(16-14-21)33(31,32)18-19-7-11-24(27)12-8-19/h7-12,17,21,25H,2-6,13-16,18H2,1H3,(H,28,30)/t25-/m0/s1. The molecule has 0 bridgehead atoms. The minimum absolute atomic E-state index is 0.00334. The molecular weight excluding hydrogens is 456 g/mol. The summed E-state index contributed by atoms with van der Waals surface area (Å²) in [6.45, 7) is 2.85. The van der Waals surface area contributed by atoms with Crippen molar-refractivity contribution in [3.05, 3.63) is 69.7 Å². The molecule has 2 aromatic carbocycles. The smallest absolute Gasteiger partial charge is 0.223 e. The van der Waals surface area contributed by atoms with Crippen LogP contribution in [0, 0.1) is 5.92 Å². The number of benzene rings is 2. The Kier molecular flexibility index (Phi) is 7.77. The quantitative estimate of drug-likeness (QED) is 0.594. The predicted octanol–water partition coefficient (Wildman–Crippen LogP) is 5.03. The van der Waals surface area contributed by atoms with Gasteiger partial charge in [-0.15, -0.1) is 0 Å². The van der Waals surface area contributed by atoms with Crippen LogP contribution in [0.1, 0.15) is 67.3 Å². The molecule has 5 nitrogen and oxygen atoms in total. The lowest BCUT2D eigenvalue weighted by Gasteiger charge is -2.31. The summed E-state index contributed by atoms with van der Waals surface area (Å²) in [6.07, 6.45) is 6.69. The molecule has 2 aliphatic rings. The number of fused-ring (bicyclic) bond motifs is 1. The Balaban J connectivity index is 1.33. The van der Waals surface area contributed by atoms with Crippen molar-refractivity contribution < 1.29 is 13.2 Å². The third-order valence-electron chi connectivity index (χ3n) is 6.98. The lowest BCUT2D eigenvalue weighted by Crippen LogP contribution is -2.44. The monoisotopic (exact) mass is 488 g/mol. The maximum Gasteiger partial charge on any atom is 0.223 e. The number of carbonyl (C=O) groups excluding carboxylic acids is 1. The molecule has 0 spiro atoms. The van der Waals surface area contributed by atoms with Crippen LogP contribution in [0.25, 0.3) is 0 Å². The SMILES string of the molecule is CC[C@H](NC(=O)C1CCN(S(=O)(=O)Cc2ccc(Cl)cc2)CC1)c1ccc2c(c1)CCCC2. The second-order valence-electron chi connectivity index (χ2n) is 9.26. The largest absolute Gasteiger partial charge is 0.349 e. The van der Waals surface area contributed by atoms with Gasteiger partial charge in [0.25, 0.3) is 0 Å². The number of rotatable bonds is 7. The van der Waals surface area contributed by atoms with Gasteiger partial charge in [0.1, 0.15) is 0 Å². The zero-order valence-corrected chi connectivity index (χ0v) is 20.8. The van der Waals surface area contributed by atoms with E-state index in [-0.39, 0.29) is 23.6 Å². The molecule has 178 valence electrons. The summed E-state index contributed by atoms with van der Waals surface area (Å²) in [6, 6.07) is 13.5. The first-order valence-corrected chi connectivity index (χ1v) is 14.0. The zero-order valence-electron chi connectivity index (χ0n) is 19.2. The van der Waals surface area contributed by atoms with Gasteiger partial charge in [0.15, 0.2) is 0 Å². The molecule has 33 heavy (non-hydrogen) atoms. The van der Waals surface area contributed by atoms with E-state index < -0.39 is 10.0 Å². The van der Waals surface area contributed by atoms with Gasteiger partial charge in [-0.2, -0.15) is 0 Å². The molecule has 7 heteroatoms. The van der Waals surface area contributed by atoms with E-state index in [1.165, 1.54) is 33.8 Å². The Morgan fingerprint density at radius 2 is 1.73 bits per heavy atom. The van der Waals surface area contributed by atoms with Crippen LogP contribution in [0.3, 0.4) is 0 Å². The fourth-order valence-corrected chi connectivity index (χ4v) is 6.65. The Hall–Kier alpha value is -1.89. The predicted molar refractivity (Wildman–Crippen MR) is 133 cm³/mol. The topological polar surface area (TPSA) is 66.5 Å². The van der Waals surface area contributed by atoms with Crippen molar-refractivity contribution >= 4 is 27.5 Å². The fraction of sp³-hybridized carbons (Fsp3) is 0.500. The van der Waals surface area contributed by atoms with Gasteiger partial charge in [-0.25, -0.2) is 12.7 Å². The third kappa shape index (κ3) is 5.97. The molecule has 1 amide bonds. The highest BCUT2D eigenvalue weighted by Gasteiger charge is 2.32. The molecule has 0 aromatic heterocycles. The van der Waals surface area contributed by atoms with E-state index in [0.717, 1.165) is 24.8 Å². The molecule has 0 saturated carbocycles. The van der Waals surface area contributed by atoms with Gasteiger partial charge in [-0.1, -0.05) is 48.9 Å². The minimum Gasteiger partial charge on any atom is -0.349 e. The summed E-state index contributed by atoms with van der Waals surface area (Å²) >= 11 is 5.90. The van der Waals surface area contributed by atoms with E-state index in [1.807, 2.05) is 0 Å². The van der Waals surface area contributed by atoms with Gasteiger partial charge in [0.2, 0.25) is 15.9 Å². The van der Waals surface area contributed by atoms with Crippen molar-refractivity contribution in [2.24, 2.45) is 5.92 Å². The van der Waals surface area contributed by atoms with Gasteiger partial charge >= 0.3 is 0 Å². The molecule has 1 atom stereocenters. The van der Waals surface area contributed by atoms with Crippen molar-refractivity contribution in [1.29, 1.82) is 0 Å². The van der Waals surface area contributed by atoms with Crippen LogP contribution in [0.15, 0.2) is 42.5 Å². The molecule has 0 unspecified atom stereocenters. The number of nitrogens with one attached hydrogen (secondary N) is 1. The number of hydrogen-bond acceptors (Lipinski definition) is 3. The highest BCUT2D eigenvalue weighted by Crippen LogP contribution is 2.28. The molecule has 4 rings (SSSR count). The van der Waals surface area contributed by atoms with Crippen LogP contribution in [0.5, 0.6) is 0 Å². The lowest BCUT2D eigenvalue weighted by molar-refractivity contribution is -0.126. The zero-order chi connectivity index (χ0) is 23.4. The summed E-state index contributed by atoms with van der Waals surface area (Å²) in [7, 11) is -3.42. The number of amides is 1. The van der Waals surface area contributed by atoms with Crippen molar-refractivity contribution in [3.8, 4) is 0 Å². The summed E-state index contributed by atoms with van der Waals surface area (Å²) < 4.78 is 27.2. The lowest BCUT2D eigenvalue weighted by atomic mass is 9.88. The maximum absolute atomic E-state index is 13.0. The molecular formula is C26H33ClN2O3S. The van der Waals surface area contributed by atoms with Crippen LogP contribution >= 0.6 is 11.6 Å². The molecule has 2 aromatic rings. The Labute approximate surface area is 202 Å². The molecule has 1 heterocycles. The number of carbonyl (C=O) groups is 1. The van der Waals surface area contributed by atoms with Crippen LogP contribution in [0.4, 0.5) is 0 Å². The number of piperidine rings is 1. The van der Waals surface area contributed by atoms with Crippen molar-refractivity contribution in [1.82, 2.24) is 9.62 Å². The molecule has 0 radical (unpaired) electrons. The third-order valence-corrected chi connectivity index (χ3v) is 9.08. The summed E-state index contributed by atoms with van der Waals surface area (Å²) in [4.78, 5) is 13.0. The van der Waals surface area contributed by atoms with Crippen LogP contribution in [-0.4, -0.2) is 31.7 Å². The molecule has 1 aliphatic carbocycles. The maximum atomic E-state index is 13.0. The van der Waals surface area contributed by atoms with Crippen LogP contribution in [0.2, 0.25) is 5.02 Å². The van der Waals surface area contributed by atoms with Gasteiger partial charge in [0.05, 0.1) is 11.8 Å². The molecule has 1 fully saturated rings. The summed E-state index contributed by atoms with van der Waals surface area (Å²) in [5.41, 5.74) is 4.76. The van der Waals surface area contributed by atoms with E-state index in [0.29, 0.717) is 31.0 Å². The highest BCUT2D eigenvalue weighted by molar-refractivity contribution is 7.88. The van der Waals surface area contributed by atoms with E-state index in [9.17, 15) is 13.2 Å². The average molecular weight is 489 g/mol. The summed E-state index contributed by atoms with van der Waals surface area (Å²) in [5.74, 6) is -0.162. The van der Waals surface area contributed by atoms with Crippen LogP contribution < -0.4 is 5.32 Å². The Morgan fingerprint density at radius 3 is 2.39 bits per heavy atom. The van der Waals surface area contributed by atoms with Crippen molar-refractivity contribution in [2.45, 2.75) is 63.7 Å². The fourth-order valence-electron chi connectivity index (χ4n) is 4.96. The minimum atomic E-state index is -3.42. The highest BCUT2D eigenvalue weighted by atomic mass is 35.5. The number of sulfonamides is 1. The number of halogens is 1. The van der Waals surface area contributed by atoms with E-state index in [1.54, 1.807) is 24.3 Å². The van der Waals surface area contributed by atoms with Gasteiger partial charge < -0.3 is 5.32 Å². The molecule has 1 aliphatic heterocycles. The summed E-state index contributed by atoms with van der Waals surface area (Å²) in [5, 5.41) is 3.83. The van der Waals surface area contributed by atoms with E-state index in [4.69, 9.17) is 11.6 Å². The first-order chi connectivity index (χ1) is 15.9. The normalized spacial score (nSPS) is 18.5. The number of aryl methyl sites for hydroxylation is 2. The Morgan fingerprint density at radius 1 is 1.06 bits per heavy atom. The van der Waals surface area contributed by atoms with Crippen LogP contribution in [-0.2, 0) is 33.4 Å². The molecule has 1 saturated heterocycles. The average Bonchev–Trinajstić information content (AvgIpc) is 2.83. The van der Waals surface area contributed by atoms with Crippen molar-refractivity contribution in [2.75, 3.05) is 13.1 Å². The second kappa shape index (κ2) is 10.6. The van der Waals surface area contributed by atoms with Gasteiger partial charge in [-0.3, -0.25) is 4.79 Å². The van der Waals surface area contributed by atoms with Crippen molar-refractivity contribution in [3.63, 3.8) is 0 Å². The van der Waals surface area contributed by atoms with E-state index in [2.05, 4.69) is 30.4 Å². The second-order valence-corrected chi connectivity index (χ2v) is 11.7. The first-order valence-electron chi connectivity index (χ1n) is 12.0. The van der Waals surface area contributed by atoms with Gasteiger partial charge in [-0.05, 0) is 79.3 Å².